The van der Waals surface area contributed by atoms with Gasteiger partial charge in [0.15, 0.2) is 0 Å². The lowest BCUT2D eigenvalue weighted by Crippen LogP contribution is -1.86. The fraction of sp³-hybridized carbons (Fsp3) is 0.235. The lowest BCUT2D eigenvalue weighted by Gasteiger charge is -2.05. The van der Waals surface area contributed by atoms with Gasteiger partial charge in [-0.2, -0.15) is 0 Å². The van der Waals surface area contributed by atoms with Crippen molar-refractivity contribution in [3.8, 4) is 10.6 Å². The van der Waals surface area contributed by atoms with E-state index in [9.17, 15) is 0 Å². The molecule has 1 heterocycles. The van der Waals surface area contributed by atoms with E-state index in [1.54, 1.807) is 11.3 Å². The molecule has 0 aliphatic rings. The Kier molecular flexibility index (Phi) is 3.11. The number of fused-ring (bicyclic) bond motifs is 1. The minimum atomic E-state index is 0.576. The van der Waals surface area contributed by atoms with E-state index in [1.807, 2.05) is 0 Å². The first-order chi connectivity index (χ1) is 9.13. The molecule has 0 radical (unpaired) electrons. The van der Waals surface area contributed by atoms with Gasteiger partial charge in [-0.15, -0.1) is 11.3 Å². The maximum atomic E-state index is 4.72. The van der Waals surface area contributed by atoms with E-state index >= 15 is 0 Å². The molecule has 0 unspecified atom stereocenters. The lowest BCUT2D eigenvalue weighted by atomic mass is 10.0. The first-order valence-corrected chi connectivity index (χ1v) is 7.42. The molecular formula is C17H17NS. The van der Waals surface area contributed by atoms with Gasteiger partial charge in [0, 0.05) is 5.56 Å². The summed E-state index contributed by atoms with van der Waals surface area (Å²) < 4.78 is 1.27. The largest absolute Gasteiger partial charge is 0.236 e. The number of hydrogen-bond acceptors (Lipinski definition) is 2. The predicted molar refractivity (Wildman–Crippen MR) is 83.9 cm³/mol. The highest BCUT2D eigenvalue weighted by Crippen LogP contribution is 2.31. The quantitative estimate of drug-likeness (QED) is 0.606. The van der Waals surface area contributed by atoms with Gasteiger partial charge in [0.1, 0.15) is 5.01 Å². The average Bonchev–Trinajstić information content (AvgIpc) is 2.81. The van der Waals surface area contributed by atoms with Crippen molar-refractivity contribution in [2.24, 2.45) is 0 Å². The Morgan fingerprint density at radius 2 is 1.74 bits per heavy atom. The summed E-state index contributed by atoms with van der Waals surface area (Å²) >= 11 is 1.77. The van der Waals surface area contributed by atoms with E-state index in [1.165, 1.54) is 21.4 Å². The molecule has 0 saturated carbocycles. The normalized spacial score (nSPS) is 11.4. The molecule has 0 N–H and O–H groups in total. The Morgan fingerprint density at radius 3 is 2.42 bits per heavy atom. The molecule has 96 valence electrons. The van der Waals surface area contributed by atoms with Crippen molar-refractivity contribution in [2.45, 2.75) is 26.7 Å². The number of hydrogen-bond donors (Lipinski definition) is 0. The summed E-state index contributed by atoms with van der Waals surface area (Å²) in [6.07, 6.45) is 0. The summed E-state index contributed by atoms with van der Waals surface area (Å²) in [6.45, 7) is 6.56. The highest BCUT2D eigenvalue weighted by atomic mass is 32.1. The zero-order valence-corrected chi connectivity index (χ0v) is 12.3. The van der Waals surface area contributed by atoms with Gasteiger partial charge >= 0.3 is 0 Å². The molecule has 0 fully saturated rings. The van der Waals surface area contributed by atoms with Crippen molar-refractivity contribution in [1.29, 1.82) is 0 Å². The Bertz CT molecular complexity index is 708. The Hall–Kier alpha value is -1.67. The summed E-state index contributed by atoms with van der Waals surface area (Å²) in [5.41, 5.74) is 4.97. The first kappa shape index (κ1) is 12.4. The molecule has 19 heavy (non-hydrogen) atoms. The lowest BCUT2D eigenvalue weighted by molar-refractivity contribution is 0.867. The standard InChI is InChI=1S/C17H17NS/c1-11(2)13-5-7-14(8-6-13)17-18-15-9-4-12(3)10-16(15)19-17/h4-11H,1-3H3. The second-order valence-corrected chi connectivity index (χ2v) is 6.30. The zero-order valence-electron chi connectivity index (χ0n) is 11.5. The van der Waals surface area contributed by atoms with Crippen molar-refractivity contribution in [3.63, 3.8) is 0 Å². The number of rotatable bonds is 2. The molecule has 0 spiro atoms. The predicted octanol–water partition coefficient (Wildman–Crippen LogP) is 5.40. The van der Waals surface area contributed by atoms with Gasteiger partial charge in [0.05, 0.1) is 10.2 Å². The van der Waals surface area contributed by atoms with E-state index in [0.29, 0.717) is 5.92 Å². The SMILES string of the molecule is Cc1ccc2nc(-c3ccc(C(C)C)cc3)sc2c1. The Morgan fingerprint density at radius 1 is 1.00 bits per heavy atom. The van der Waals surface area contributed by atoms with Crippen LogP contribution in [0.3, 0.4) is 0 Å². The van der Waals surface area contributed by atoms with Gasteiger partial charge in [-0.1, -0.05) is 44.2 Å². The van der Waals surface area contributed by atoms with Crippen LogP contribution < -0.4 is 0 Å². The summed E-state index contributed by atoms with van der Waals surface area (Å²) in [5.74, 6) is 0.576. The zero-order chi connectivity index (χ0) is 13.4. The van der Waals surface area contributed by atoms with E-state index in [4.69, 9.17) is 4.98 Å². The molecule has 2 heteroatoms. The molecule has 1 aromatic heterocycles. The van der Waals surface area contributed by atoms with Gasteiger partial charge in [-0.3, -0.25) is 0 Å². The summed E-state index contributed by atoms with van der Waals surface area (Å²) in [7, 11) is 0. The van der Waals surface area contributed by atoms with Crippen LogP contribution in [-0.4, -0.2) is 4.98 Å². The third-order valence-corrected chi connectivity index (χ3v) is 4.44. The minimum absolute atomic E-state index is 0.576. The van der Waals surface area contributed by atoms with Crippen LogP contribution in [0.2, 0.25) is 0 Å². The molecule has 3 rings (SSSR count). The van der Waals surface area contributed by atoms with Gasteiger partial charge < -0.3 is 0 Å². The fourth-order valence-corrected chi connectivity index (χ4v) is 3.24. The van der Waals surface area contributed by atoms with Gasteiger partial charge in [-0.05, 0) is 36.1 Å². The van der Waals surface area contributed by atoms with Crippen LogP contribution in [0.25, 0.3) is 20.8 Å². The molecule has 0 saturated heterocycles. The molecule has 1 nitrogen and oxygen atoms in total. The van der Waals surface area contributed by atoms with Gasteiger partial charge in [-0.25, -0.2) is 4.98 Å². The third-order valence-electron chi connectivity index (χ3n) is 3.37. The van der Waals surface area contributed by atoms with Crippen molar-refractivity contribution in [3.05, 3.63) is 53.6 Å². The van der Waals surface area contributed by atoms with Crippen molar-refractivity contribution in [2.75, 3.05) is 0 Å². The van der Waals surface area contributed by atoms with Crippen LogP contribution in [0, 0.1) is 6.92 Å². The van der Waals surface area contributed by atoms with Gasteiger partial charge in [0.2, 0.25) is 0 Å². The van der Waals surface area contributed by atoms with Crippen LogP contribution in [0.5, 0.6) is 0 Å². The number of aromatic nitrogens is 1. The number of thiazole rings is 1. The second kappa shape index (κ2) is 4.78. The van der Waals surface area contributed by atoms with E-state index in [0.717, 1.165) is 10.5 Å². The smallest absolute Gasteiger partial charge is 0.124 e. The first-order valence-electron chi connectivity index (χ1n) is 6.61. The maximum absolute atomic E-state index is 4.72. The van der Waals surface area contributed by atoms with E-state index in [-0.39, 0.29) is 0 Å². The molecule has 0 bridgehead atoms. The highest BCUT2D eigenvalue weighted by molar-refractivity contribution is 7.21. The summed E-state index contributed by atoms with van der Waals surface area (Å²) in [4.78, 5) is 4.72. The second-order valence-electron chi connectivity index (χ2n) is 5.27. The van der Waals surface area contributed by atoms with Crippen LogP contribution in [-0.2, 0) is 0 Å². The summed E-state index contributed by atoms with van der Waals surface area (Å²) in [6, 6.07) is 15.2. The van der Waals surface area contributed by atoms with Crippen molar-refractivity contribution < 1.29 is 0 Å². The van der Waals surface area contributed by atoms with Crippen molar-refractivity contribution in [1.82, 2.24) is 4.98 Å². The number of benzene rings is 2. The summed E-state index contributed by atoms with van der Waals surface area (Å²) in [5, 5.41) is 1.11. The molecular weight excluding hydrogens is 250 g/mol. The van der Waals surface area contributed by atoms with Crippen LogP contribution in [0.15, 0.2) is 42.5 Å². The minimum Gasteiger partial charge on any atom is -0.236 e. The van der Waals surface area contributed by atoms with Gasteiger partial charge in [0.25, 0.3) is 0 Å². The molecule has 2 aromatic carbocycles. The number of aryl methyl sites for hydroxylation is 1. The van der Waals surface area contributed by atoms with E-state index in [2.05, 4.69) is 63.2 Å². The van der Waals surface area contributed by atoms with E-state index < -0.39 is 0 Å². The molecule has 0 aliphatic carbocycles. The Labute approximate surface area is 117 Å². The number of nitrogens with zero attached hydrogens (tertiary/aromatic N) is 1. The molecule has 0 amide bonds. The maximum Gasteiger partial charge on any atom is 0.124 e. The topological polar surface area (TPSA) is 12.9 Å². The van der Waals surface area contributed by atoms with Crippen LogP contribution in [0.4, 0.5) is 0 Å². The van der Waals surface area contributed by atoms with Crippen LogP contribution >= 0.6 is 11.3 Å². The highest BCUT2D eigenvalue weighted by Gasteiger charge is 2.07. The molecule has 0 aliphatic heterocycles. The Balaban J connectivity index is 2.03. The average molecular weight is 267 g/mol. The van der Waals surface area contributed by atoms with Crippen LogP contribution in [0.1, 0.15) is 30.9 Å². The third kappa shape index (κ3) is 2.41. The van der Waals surface area contributed by atoms with Crippen molar-refractivity contribution >= 4 is 21.6 Å². The monoisotopic (exact) mass is 267 g/mol. The molecule has 3 aromatic rings. The fourth-order valence-electron chi connectivity index (χ4n) is 2.17. The molecule has 0 atom stereocenters.